The molecule has 0 saturated heterocycles. The van der Waals surface area contributed by atoms with Crippen LogP contribution in [0.3, 0.4) is 0 Å². The van der Waals surface area contributed by atoms with Gasteiger partial charge in [-0.1, -0.05) is 12.1 Å². The van der Waals surface area contributed by atoms with Gasteiger partial charge in [-0.3, -0.25) is 14.9 Å². The molecule has 0 spiro atoms. The number of hydrogen-bond acceptors (Lipinski definition) is 5. The van der Waals surface area contributed by atoms with Gasteiger partial charge in [-0.15, -0.1) is 0 Å². The Morgan fingerprint density at radius 3 is 2.25 bits per heavy atom. The lowest BCUT2D eigenvalue weighted by Gasteiger charge is -2.37. The second kappa shape index (κ2) is 6.48. The van der Waals surface area contributed by atoms with Crippen LogP contribution in [0.25, 0.3) is 0 Å². The third kappa shape index (κ3) is 3.90. The Hall–Kier alpha value is -2.00. The highest BCUT2D eigenvalue weighted by atomic mass is 32.2. The molecule has 8 nitrogen and oxygen atoms in total. The van der Waals surface area contributed by atoms with E-state index >= 15 is 0 Å². The van der Waals surface area contributed by atoms with E-state index in [0.717, 1.165) is 0 Å². The van der Waals surface area contributed by atoms with E-state index in [9.17, 15) is 28.4 Å². The molecule has 0 radical (unpaired) electrons. The number of aliphatic carboxylic acids is 1. The van der Waals surface area contributed by atoms with Gasteiger partial charge in [0, 0.05) is 12.1 Å². The van der Waals surface area contributed by atoms with E-state index in [2.05, 4.69) is 4.72 Å². The van der Waals surface area contributed by atoms with Gasteiger partial charge in [0.25, 0.3) is 5.69 Å². The fraction of sp³-hybridized carbons (Fsp3) is 0.533. The van der Waals surface area contributed by atoms with Gasteiger partial charge in [0.05, 0.1) is 21.1 Å². The summed E-state index contributed by atoms with van der Waals surface area (Å²) in [6.45, 7) is 7.21. The molecular weight excluding hydrogens is 336 g/mol. The van der Waals surface area contributed by atoms with Crippen molar-refractivity contribution in [1.82, 2.24) is 4.72 Å². The molecular formula is C15H22N2O6S. The number of non-ortho nitro benzene ring substituents is 1. The minimum absolute atomic E-state index is 0.208. The average molecular weight is 358 g/mol. The highest BCUT2D eigenvalue weighted by Gasteiger charge is 2.44. The average Bonchev–Trinajstić information content (AvgIpc) is 2.44. The first-order valence-corrected chi connectivity index (χ1v) is 8.72. The molecule has 1 aromatic rings. The third-order valence-electron chi connectivity index (χ3n) is 4.05. The van der Waals surface area contributed by atoms with Crippen LogP contribution in [0.1, 0.15) is 40.2 Å². The van der Waals surface area contributed by atoms with E-state index in [1.54, 1.807) is 0 Å². The van der Waals surface area contributed by atoms with Gasteiger partial charge in [-0.2, -0.15) is 0 Å². The van der Waals surface area contributed by atoms with Crippen molar-refractivity contribution in [2.75, 3.05) is 0 Å². The summed E-state index contributed by atoms with van der Waals surface area (Å²) in [6.07, 6.45) is 0. The van der Waals surface area contributed by atoms with E-state index < -0.39 is 37.1 Å². The molecule has 0 aliphatic heterocycles. The van der Waals surface area contributed by atoms with Crippen LogP contribution in [-0.2, 0) is 20.4 Å². The zero-order chi connectivity index (χ0) is 18.9. The van der Waals surface area contributed by atoms with Crippen molar-refractivity contribution in [1.29, 1.82) is 0 Å². The summed E-state index contributed by atoms with van der Waals surface area (Å²) in [5.74, 6) is -2.38. The molecule has 0 aliphatic rings. The summed E-state index contributed by atoms with van der Waals surface area (Å²) in [6, 6.07) is 5.31. The van der Waals surface area contributed by atoms with E-state index in [0.29, 0.717) is 0 Å². The Morgan fingerprint density at radius 1 is 1.29 bits per heavy atom. The number of sulfonamides is 1. The van der Waals surface area contributed by atoms with Gasteiger partial charge in [-0.25, -0.2) is 13.1 Å². The Balaban J connectivity index is 3.55. The SMILES string of the molecule is CC(C(=O)O)C(C)(NS(=O)(=O)C(C)(C)C)c1cccc([N+](=O)[O-])c1. The zero-order valence-electron chi connectivity index (χ0n) is 14.2. The number of hydrogen-bond donors (Lipinski definition) is 2. The molecule has 0 aromatic heterocycles. The molecule has 1 rings (SSSR count). The predicted octanol–water partition coefficient (Wildman–Crippen LogP) is 2.25. The molecule has 24 heavy (non-hydrogen) atoms. The standard InChI is InChI=1S/C15H22N2O6S/c1-10(13(18)19)15(5,16-24(22,23)14(2,3)4)11-7-6-8-12(9-11)17(20)21/h6-10,16H,1-5H3,(H,18,19). The molecule has 9 heteroatoms. The largest absolute Gasteiger partial charge is 0.481 e. The number of benzene rings is 1. The number of rotatable bonds is 6. The molecule has 0 saturated carbocycles. The van der Waals surface area contributed by atoms with Gasteiger partial charge in [0.1, 0.15) is 0 Å². The van der Waals surface area contributed by atoms with Crippen LogP contribution in [0.15, 0.2) is 24.3 Å². The summed E-state index contributed by atoms with van der Waals surface area (Å²) in [7, 11) is -3.90. The first-order chi connectivity index (χ1) is 10.7. The molecule has 1 aromatic carbocycles. The van der Waals surface area contributed by atoms with Crippen molar-refractivity contribution in [3.05, 3.63) is 39.9 Å². The summed E-state index contributed by atoms with van der Waals surface area (Å²) in [4.78, 5) is 21.9. The summed E-state index contributed by atoms with van der Waals surface area (Å²) < 4.78 is 26.4. The molecule has 2 N–H and O–H groups in total. The molecule has 0 amide bonds. The topological polar surface area (TPSA) is 127 Å². The minimum Gasteiger partial charge on any atom is -0.481 e. The van der Waals surface area contributed by atoms with E-state index in [-0.39, 0.29) is 11.3 Å². The van der Waals surface area contributed by atoms with Gasteiger partial charge < -0.3 is 5.11 Å². The van der Waals surface area contributed by atoms with Crippen molar-refractivity contribution in [2.24, 2.45) is 5.92 Å². The Bertz CT molecular complexity index is 753. The smallest absolute Gasteiger partial charge is 0.308 e. The molecule has 0 fully saturated rings. The van der Waals surface area contributed by atoms with Gasteiger partial charge in [-0.05, 0) is 40.2 Å². The first kappa shape index (κ1) is 20.0. The monoisotopic (exact) mass is 358 g/mol. The number of nitro benzene ring substituents is 1. The van der Waals surface area contributed by atoms with Gasteiger partial charge in [0.15, 0.2) is 0 Å². The lowest BCUT2D eigenvalue weighted by Crippen LogP contribution is -2.54. The zero-order valence-corrected chi connectivity index (χ0v) is 15.0. The summed E-state index contributed by atoms with van der Waals surface area (Å²) >= 11 is 0. The van der Waals surface area contributed by atoms with Crippen LogP contribution in [0.5, 0.6) is 0 Å². The third-order valence-corrected chi connectivity index (χ3v) is 6.35. The first-order valence-electron chi connectivity index (χ1n) is 7.23. The highest BCUT2D eigenvalue weighted by molar-refractivity contribution is 7.90. The van der Waals surface area contributed by atoms with Crippen molar-refractivity contribution in [3.63, 3.8) is 0 Å². The maximum Gasteiger partial charge on any atom is 0.308 e. The number of nitrogens with zero attached hydrogens (tertiary/aromatic N) is 1. The van der Waals surface area contributed by atoms with Crippen LogP contribution in [0.4, 0.5) is 5.69 Å². The Kier molecular flexibility index (Phi) is 5.41. The van der Waals surface area contributed by atoms with Crippen molar-refractivity contribution < 1.29 is 23.2 Å². The molecule has 2 atom stereocenters. The predicted molar refractivity (Wildman–Crippen MR) is 89.1 cm³/mol. The lowest BCUT2D eigenvalue weighted by atomic mass is 9.81. The molecule has 0 aliphatic carbocycles. The number of carbonyl (C=O) groups is 1. The van der Waals surface area contributed by atoms with Crippen LogP contribution < -0.4 is 4.72 Å². The lowest BCUT2D eigenvalue weighted by molar-refractivity contribution is -0.385. The van der Waals surface area contributed by atoms with Gasteiger partial charge in [0.2, 0.25) is 10.0 Å². The second-order valence-corrected chi connectivity index (χ2v) is 9.22. The quantitative estimate of drug-likeness (QED) is 0.593. The number of carboxylic acids is 1. The number of nitrogens with one attached hydrogen (secondary N) is 1. The van der Waals surface area contributed by atoms with Crippen molar-refractivity contribution >= 4 is 21.7 Å². The normalized spacial score (nSPS) is 16.2. The maximum absolute atomic E-state index is 12.5. The maximum atomic E-state index is 12.5. The molecule has 0 heterocycles. The number of carboxylic acid groups (broad SMARTS) is 1. The Labute approximate surface area is 141 Å². The van der Waals surface area contributed by atoms with Crippen LogP contribution in [0.2, 0.25) is 0 Å². The van der Waals surface area contributed by atoms with Crippen LogP contribution in [0, 0.1) is 16.0 Å². The summed E-state index contributed by atoms with van der Waals surface area (Å²) in [5.41, 5.74) is -1.59. The van der Waals surface area contributed by atoms with E-state index in [1.807, 2.05) is 0 Å². The fourth-order valence-electron chi connectivity index (χ4n) is 2.02. The van der Waals surface area contributed by atoms with E-state index in [4.69, 9.17) is 0 Å². The highest BCUT2D eigenvalue weighted by Crippen LogP contribution is 2.34. The van der Waals surface area contributed by atoms with Gasteiger partial charge >= 0.3 is 5.97 Å². The minimum atomic E-state index is -3.90. The molecule has 134 valence electrons. The van der Waals surface area contributed by atoms with E-state index in [1.165, 1.54) is 58.9 Å². The van der Waals surface area contributed by atoms with Crippen LogP contribution in [-0.4, -0.2) is 29.2 Å². The molecule has 0 bridgehead atoms. The molecule has 2 unspecified atom stereocenters. The van der Waals surface area contributed by atoms with Crippen molar-refractivity contribution in [3.8, 4) is 0 Å². The van der Waals surface area contributed by atoms with Crippen molar-refractivity contribution in [2.45, 2.75) is 44.9 Å². The summed E-state index contributed by atoms with van der Waals surface area (Å²) in [5, 5.41) is 20.4. The fourth-order valence-corrected chi connectivity index (χ4v) is 3.18. The Morgan fingerprint density at radius 2 is 1.83 bits per heavy atom. The van der Waals surface area contributed by atoms with Crippen LogP contribution >= 0.6 is 0 Å². The number of nitro groups is 1. The second-order valence-electron chi connectivity index (χ2n) is 6.79.